The lowest BCUT2D eigenvalue weighted by atomic mass is 10.1. The summed E-state index contributed by atoms with van der Waals surface area (Å²) in [5.41, 5.74) is 6.54. The molecule has 17 heteroatoms. The molecule has 0 aliphatic carbocycles. The summed E-state index contributed by atoms with van der Waals surface area (Å²) >= 11 is 0. The van der Waals surface area contributed by atoms with Crippen molar-refractivity contribution in [2.45, 2.75) is 24.5 Å². The average molecular weight is 478 g/mol. The van der Waals surface area contributed by atoms with Gasteiger partial charge in [0.25, 0.3) is 19.3 Å². The van der Waals surface area contributed by atoms with Gasteiger partial charge in [-0.3, -0.25) is 27.8 Å². The fraction of sp³-hybridized carbons (Fsp3) is 0.500. The number of H-pyrrole nitrogens is 1. The SMILES string of the molecule is C#CP(=O)([O-])OP(=O)([O-])OC[C@H]1O[C@@H]([n+]2cn(C)c3c(=O)[nH]c(N)nc32)[C@@H](OC)C1O. The number of aromatic nitrogens is 4. The smallest absolute Gasteiger partial charge is 0.313 e. The Hall–Kier alpha value is -2.11. The predicted molar refractivity (Wildman–Crippen MR) is 97.7 cm³/mol. The van der Waals surface area contributed by atoms with Crippen molar-refractivity contribution in [3.05, 3.63) is 16.7 Å². The van der Waals surface area contributed by atoms with Crippen molar-refractivity contribution in [1.82, 2.24) is 14.5 Å². The first kappa shape index (κ1) is 23.6. The standard InChI is InChI=1S/C14H19N5O10P2/c1-4-30(22,23)29-31(24,25)27-5-7-9(20)10(26-3)13(28-7)19-6-18(2)8-11(19)16-14(15)17-12(8)21/h1,6-7,9-10,13,20H,5H2,2-3H3,(H4-,15,16,17,21,22,23,24,25)/p-1/t7-,9?,10+,13-/m1/s1. The minimum atomic E-state index is -5.36. The molecule has 1 aliphatic rings. The Labute approximate surface area is 174 Å². The highest BCUT2D eigenvalue weighted by molar-refractivity contribution is 7.65. The number of aliphatic hydroxyl groups excluding tert-OH is 1. The molecule has 0 saturated carbocycles. The fourth-order valence-corrected chi connectivity index (χ4v) is 4.89. The average Bonchev–Trinajstić information content (AvgIpc) is 3.15. The van der Waals surface area contributed by atoms with Crippen LogP contribution in [0.5, 0.6) is 0 Å². The van der Waals surface area contributed by atoms with Gasteiger partial charge in [-0.1, -0.05) is 4.98 Å². The van der Waals surface area contributed by atoms with Gasteiger partial charge in [-0.25, -0.2) is 4.57 Å². The molecule has 3 rings (SSSR count). The summed E-state index contributed by atoms with van der Waals surface area (Å²) in [7, 11) is -7.62. The van der Waals surface area contributed by atoms with E-state index in [-0.39, 0.29) is 17.1 Å². The van der Waals surface area contributed by atoms with Crippen LogP contribution in [0.2, 0.25) is 0 Å². The maximum atomic E-state index is 12.2. The molecule has 170 valence electrons. The number of nitrogens with two attached hydrogens (primary N) is 1. The second-order valence-corrected chi connectivity index (χ2v) is 9.52. The molecule has 0 spiro atoms. The Kier molecular flexibility index (Phi) is 6.41. The van der Waals surface area contributed by atoms with Crippen LogP contribution in [0.15, 0.2) is 11.1 Å². The van der Waals surface area contributed by atoms with Gasteiger partial charge < -0.3 is 34.6 Å². The van der Waals surface area contributed by atoms with Crippen LogP contribution in [0.25, 0.3) is 11.2 Å². The molecule has 4 N–H and O–H groups in total. The molecule has 0 amide bonds. The Balaban J connectivity index is 1.86. The van der Waals surface area contributed by atoms with Crippen LogP contribution in [0.1, 0.15) is 6.23 Å². The molecular weight excluding hydrogens is 460 g/mol. The number of hydrogen-bond acceptors (Lipinski definition) is 12. The third-order valence-electron chi connectivity index (χ3n) is 4.41. The van der Waals surface area contributed by atoms with Gasteiger partial charge in [-0.15, -0.1) is 6.42 Å². The summed E-state index contributed by atoms with van der Waals surface area (Å²) in [5.74, 6) is -0.162. The molecule has 0 bridgehead atoms. The number of fused-ring (bicyclic) bond motifs is 1. The second-order valence-electron chi connectivity index (χ2n) is 6.46. The molecule has 2 aromatic heterocycles. The first-order chi connectivity index (χ1) is 14.4. The first-order valence-corrected chi connectivity index (χ1v) is 11.5. The van der Waals surface area contributed by atoms with Crippen molar-refractivity contribution in [2.24, 2.45) is 7.05 Å². The summed E-state index contributed by atoms with van der Waals surface area (Å²) in [6, 6.07) is 0. The van der Waals surface area contributed by atoms with Gasteiger partial charge in [-0.2, -0.15) is 0 Å². The van der Waals surface area contributed by atoms with E-state index >= 15 is 0 Å². The zero-order valence-corrected chi connectivity index (χ0v) is 17.9. The van der Waals surface area contributed by atoms with Crippen molar-refractivity contribution in [1.29, 1.82) is 0 Å². The number of anilines is 1. The summed E-state index contributed by atoms with van der Waals surface area (Å²) in [6.45, 7) is -0.815. The minimum absolute atomic E-state index is 0.115. The topological polar surface area (TPSA) is 218 Å². The quantitative estimate of drug-likeness (QED) is 0.207. The summed E-state index contributed by atoms with van der Waals surface area (Å²) in [4.78, 5) is 41.5. The van der Waals surface area contributed by atoms with Crippen LogP contribution in [0.3, 0.4) is 0 Å². The van der Waals surface area contributed by atoms with Crippen LogP contribution >= 0.6 is 15.4 Å². The number of imidazole rings is 1. The number of aryl methyl sites for hydroxylation is 1. The maximum Gasteiger partial charge on any atom is 0.313 e. The molecule has 1 saturated heterocycles. The minimum Gasteiger partial charge on any atom is -0.768 e. The molecule has 1 aliphatic heterocycles. The number of nitrogens with one attached hydrogen (secondary N) is 1. The Bertz CT molecular complexity index is 1190. The Morgan fingerprint density at radius 1 is 1.52 bits per heavy atom. The molecule has 6 atom stereocenters. The first-order valence-electron chi connectivity index (χ1n) is 8.47. The number of terminal acetylenes is 1. The molecule has 2 aromatic rings. The number of hydrogen-bond donors (Lipinski definition) is 3. The van der Waals surface area contributed by atoms with Gasteiger partial charge in [0.05, 0.1) is 13.7 Å². The van der Waals surface area contributed by atoms with Crippen LogP contribution in [-0.2, 0) is 34.5 Å². The van der Waals surface area contributed by atoms with E-state index < -0.39 is 52.1 Å². The van der Waals surface area contributed by atoms with E-state index in [2.05, 4.69) is 25.2 Å². The number of nitrogens with zero attached hydrogens (tertiary/aromatic N) is 3. The molecule has 15 nitrogen and oxygen atoms in total. The number of methoxy groups -OCH3 is 1. The van der Waals surface area contributed by atoms with Gasteiger partial charge >= 0.3 is 5.65 Å². The van der Waals surface area contributed by atoms with Crippen LogP contribution in [0, 0.1) is 12.1 Å². The van der Waals surface area contributed by atoms with Crippen LogP contribution in [0.4, 0.5) is 5.95 Å². The van der Waals surface area contributed by atoms with Gasteiger partial charge in [0, 0.05) is 7.11 Å². The summed E-state index contributed by atoms with van der Waals surface area (Å²) in [5, 5.41) is 10.5. The second kappa shape index (κ2) is 8.44. The van der Waals surface area contributed by atoms with Crippen LogP contribution < -0.4 is 25.6 Å². The Morgan fingerprint density at radius 2 is 2.19 bits per heavy atom. The number of aliphatic hydroxyl groups is 1. The van der Waals surface area contributed by atoms with Crippen LogP contribution in [-0.4, -0.2) is 51.7 Å². The van der Waals surface area contributed by atoms with E-state index in [0.29, 0.717) is 0 Å². The summed E-state index contributed by atoms with van der Waals surface area (Å²) < 4.78 is 44.9. The molecule has 0 aromatic carbocycles. The van der Waals surface area contributed by atoms with Gasteiger partial charge in [0.2, 0.25) is 19.3 Å². The Morgan fingerprint density at radius 3 is 2.81 bits per heavy atom. The molecular formula is C14H18N5O10P2-. The molecule has 31 heavy (non-hydrogen) atoms. The number of rotatable bonds is 7. The molecule has 3 heterocycles. The molecule has 1 fully saturated rings. The number of ether oxygens (including phenoxy) is 2. The van der Waals surface area contributed by atoms with Crippen molar-refractivity contribution in [3.8, 4) is 12.1 Å². The lowest BCUT2D eigenvalue weighted by Crippen LogP contribution is -2.47. The van der Waals surface area contributed by atoms with E-state index in [1.807, 2.05) is 0 Å². The highest BCUT2D eigenvalue weighted by Crippen LogP contribution is 2.54. The lowest BCUT2D eigenvalue weighted by molar-refractivity contribution is -0.746. The van der Waals surface area contributed by atoms with E-state index in [9.17, 15) is 28.8 Å². The van der Waals surface area contributed by atoms with Gasteiger partial charge in [0.15, 0.2) is 6.33 Å². The number of nitrogen functional groups attached to an aromatic ring is 1. The molecule has 0 radical (unpaired) electrons. The van der Waals surface area contributed by atoms with Crippen molar-refractivity contribution < 1.29 is 46.9 Å². The predicted octanol–water partition coefficient (Wildman–Crippen LogP) is -2.95. The third-order valence-corrected chi connectivity index (χ3v) is 6.85. The van der Waals surface area contributed by atoms with Gasteiger partial charge in [-0.05, 0) is 5.66 Å². The van der Waals surface area contributed by atoms with E-state index in [0.717, 1.165) is 0 Å². The van der Waals surface area contributed by atoms with Crippen molar-refractivity contribution in [3.63, 3.8) is 0 Å². The number of phosphoric acid groups is 1. The van der Waals surface area contributed by atoms with E-state index in [4.69, 9.17) is 15.2 Å². The van der Waals surface area contributed by atoms with E-state index in [1.54, 1.807) is 7.05 Å². The zero-order chi connectivity index (χ0) is 23.1. The van der Waals surface area contributed by atoms with Crippen molar-refractivity contribution in [2.75, 3.05) is 19.5 Å². The molecule has 3 unspecified atom stereocenters. The van der Waals surface area contributed by atoms with E-state index in [1.165, 1.54) is 28.2 Å². The normalized spacial score (nSPS) is 27.6. The zero-order valence-electron chi connectivity index (χ0n) is 16.1. The fourth-order valence-electron chi connectivity index (χ4n) is 3.13. The largest absolute Gasteiger partial charge is 0.768 e. The number of aromatic amines is 1. The summed E-state index contributed by atoms with van der Waals surface area (Å²) in [6.07, 6.45) is 1.27. The van der Waals surface area contributed by atoms with Gasteiger partial charge in [0.1, 0.15) is 18.3 Å². The third kappa shape index (κ3) is 4.73. The highest BCUT2D eigenvalue weighted by Gasteiger charge is 2.48. The lowest BCUT2D eigenvalue weighted by Gasteiger charge is -2.29. The van der Waals surface area contributed by atoms with Crippen molar-refractivity contribution >= 4 is 32.5 Å². The number of phosphoric ester groups is 1. The maximum absolute atomic E-state index is 12.2. The monoisotopic (exact) mass is 478 g/mol. The highest BCUT2D eigenvalue weighted by atomic mass is 31.3.